The number of anilines is 4. The molecule has 7 aromatic rings. The Morgan fingerprint density at radius 1 is 0.341 bits per heavy atom. The van der Waals surface area contributed by atoms with E-state index in [1.165, 1.54) is 28.4 Å². The first-order valence-electron chi connectivity index (χ1n) is 26.7. The van der Waals surface area contributed by atoms with Crippen molar-refractivity contribution in [3.05, 3.63) is 120 Å². The molecule has 0 saturated heterocycles. The number of fused-ring (bicyclic) bond motifs is 8. The largest absolute Gasteiger partial charge is 2.00 e. The average Bonchev–Trinajstić information content (AvgIpc) is 2.15. The molecular weight excluding hydrogens is 1130 g/mol. The van der Waals surface area contributed by atoms with Gasteiger partial charge in [0.1, 0.15) is 47.4 Å². The molecule has 4 atom stereocenters. The summed E-state index contributed by atoms with van der Waals surface area (Å²) in [5.41, 5.74) is 7.60. The minimum absolute atomic E-state index is 0. The summed E-state index contributed by atoms with van der Waals surface area (Å²) in [6.07, 6.45) is 3.77. The van der Waals surface area contributed by atoms with Crippen LogP contribution < -0.4 is 50.2 Å². The summed E-state index contributed by atoms with van der Waals surface area (Å²) in [7, 11) is 11.9. The van der Waals surface area contributed by atoms with Gasteiger partial charge in [-0.05, 0) is 112 Å². The van der Waals surface area contributed by atoms with Crippen LogP contribution in [0, 0.1) is 0 Å². The molecule has 20 nitrogen and oxygen atoms in total. The summed E-state index contributed by atoms with van der Waals surface area (Å²) in [6.45, 7) is 6.49. The Hall–Kier alpha value is -9.09. The van der Waals surface area contributed by atoms with Crippen molar-refractivity contribution in [2.75, 3.05) is 78.1 Å². The predicted molar refractivity (Wildman–Crippen MR) is 325 cm³/mol. The Labute approximate surface area is 501 Å². The van der Waals surface area contributed by atoms with Gasteiger partial charge in [-0.25, -0.2) is 9.97 Å². The zero-order valence-electron chi connectivity index (χ0n) is 48.9. The van der Waals surface area contributed by atoms with Gasteiger partial charge >= 0.3 is 16.8 Å². The average molecular weight is 1200 g/mol. The molecule has 0 fully saturated rings. The molecule has 0 aliphatic carbocycles. The number of hydrogen-bond acceptors (Lipinski definition) is 14. The second-order valence-corrected chi connectivity index (χ2v) is 19.4. The fourth-order valence-corrected chi connectivity index (χ4v) is 9.73. The van der Waals surface area contributed by atoms with Gasteiger partial charge in [-0.15, -0.1) is 22.1 Å². The molecular formula is C64H64CoN8O12. The molecule has 0 spiro atoms. The van der Waals surface area contributed by atoms with Gasteiger partial charge in [0.25, 0.3) is 23.6 Å². The van der Waals surface area contributed by atoms with Crippen LogP contribution in [0.15, 0.2) is 97.1 Å². The van der Waals surface area contributed by atoms with Gasteiger partial charge in [0.2, 0.25) is 0 Å². The number of amides is 4. The third-order valence-corrected chi connectivity index (χ3v) is 14.5. The molecule has 0 unspecified atom stereocenters. The maximum Gasteiger partial charge on any atom is 2.00 e. The Morgan fingerprint density at radius 2 is 0.565 bits per heavy atom. The number of methoxy groups -OCH3 is 8. The van der Waals surface area contributed by atoms with Crippen molar-refractivity contribution < 1.29 is 73.9 Å². The molecule has 2 aliphatic heterocycles. The molecule has 21 heteroatoms. The van der Waals surface area contributed by atoms with E-state index in [-0.39, 0.29) is 16.8 Å². The van der Waals surface area contributed by atoms with Gasteiger partial charge in [-0.1, -0.05) is 48.5 Å². The van der Waals surface area contributed by atoms with E-state index in [1.54, 1.807) is 129 Å². The van der Waals surface area contributed by atoms with Crippen LogP contribution in [-0.4, -0.2) is 115 Å². The van der Waals surface area contributed by atoms with Crippen LogP contribution in [-0.2, 0) is 54.9 Å². The van der Waals surface area contributed by atoms with E-state index in [2.05, 4.69) is 21.3 Å². The van der Waals surface area contributed by atoms with Gasteiger partial charge in [0, 0.05) is 50.7 Å². The fraction of sp³-hybridized carbons (Fsp3) is 0.250. The van der Waals surface area contributed by atoms with Crippen LogP contribution in [0.4, 0.5) is 22.7 Å². The zero-order valence-corrected chi connectivity index (χ0v) is 49.9. The van der Waals surface area contributed by atoms with Crippen molar-refractivity contribution in [3.8, 4) is 67.5 Å². The molecule has 4 aromatic carbocycles. The van der Waals surface area contributed by atoms with Crippen molar-refractivity contribution in [3.63, 3.8) is 0 Å². The number of nitrogens with zero attached hydrogens (tertiary/aromatic N) is 4. The number of ether oxygens (including phenoxy) is 8. The first kappa shape index (κ1) is 62.0. The Morgan fingerprint density at radius 3 is 0.788 bits per heavy atom. The normalized spacial score (nSPS) is 12.9. The minimum atomic E-state index is -0.877. The van der Waals surface area contributed by atoms with Crippen LogP contribution in [0.5, 0.6) is 23.0 Å². The van der Waals surface area contributed by atoms with E-state index >= 15 is 0 Å². The first-order chi connectivity index (χ1) is 40.6. The maximum absolute atomic E-state index is 13.9. The summed E-state index contributed by atoms with van der Waals surface area (Å²) < 4.78 is 46.2. The number of hydrogen-bond donors (Lipinski definition) is 4. The molecule has 4 N–H and O–H groups in total. The third kappa shape index (κ3) is 12.4. The topological polar surface area (TPSA) is 244 Å². The van der Waals surface area contributed by atoms with Crippen LogP contribution in [0.1, 0.15) is 50.5 Å². The first-order valence-corrected chi connectivity index (χ1v) is 26.7. The van der Waals surface area contributed by atoms with Gasteiger partial charge in [0.05, 0.1) is 85.1 Å². The predicted octanol–water partition coefficient (Wildman–Crippen LogP) is 10.5. The zero-order chi connectivity index (χ0) is 59.9. The Balaban J connectivity index is 0.00000940. The number of carbonyl (C=O) groups excluding carboxylic acids is 4. The van der Waals surface area contributed by atoms with Crippen LogP contribution >= 0.6 is 0 Å². The fourth-order valence-electron chi connectivity index (χ4n) is 9.73. The van der Waals surface area contributed by atoms with Gasteiger partial charge in [-0.3, -0.25) is 19.2 Å². The molecule has 4 amide bonds. The number of nitrogens with one attached hydrogen (secondary N) is 4. The van der Waals surface area contributed by atoms with Gasteiger partial charge < -0.3 is 69.1 Å². The SMILES string of the molecule is COc1cccc(OC)c1-c1c2nc(c(-c3c(NC(=O)[C@H](C)OC)cccc3NC(=O)[C@H](C)OC)c3ccc([n-]3)c(-c3c(OC)cccc3OC)c3nc(c(-c4c(NC(=O)[C@H](C)OC)cccc4NC(=O)[C@H](C)OC)c4ccc1[n-]4)C=C3)C=C2.[Co+2]. The Bertz CT molecular complexity index is 3570. The van der Waals surface area contributed by atoms with Crippen LogP contribution in [0.2, 0.25) is 0 Å². The van der Waals surface area contributed by atoms with E-state index in [4.69, 9.17) is 57.8 Å². The summed E-state index contributed by atoms with van der Waals surface area (Å²) in [5, 5.41) is 12.2. The summed E-state index contributed by atoms with van der Waals surface area (Å²) in [4.78, 5) is 77.6. The summed E-state index contributed by atoms with van der Waals surface area (Å²) in [5.74, 6) is -0.155. The number of rotatable bonds is 20. The standard InChI is InChI=1S/C64H66N8O12.Co/c1-33(77-5)61(73)69-37-17-13-18-38(70-62(74)34(2)78-6)53(37)55-41-25-29-45(65-41)57(59-49(81-9)21-15-22-50(59)82-10)47-31-27-43(67-47)56(54-39(71-63(75)35(3)79-7)19-14-20-40(54)72-64(76)36(4)80-8)44-28-32-48(68-44)58(46-30-26-42(55)66-46)60-51(83-11)23-16-24-52(60)84-12;/h13-36H,1-12H3,(H6,65,66,67,68,69,70,71,72,73,74,75,76);/q;+2/p-2/t33-,34-,35-,36-;/m0./s1. The number of benzene rings is 4. The molecule has 0 saturated carbocycles. The van der Waals surface area contributed by atoms with Gasteiger partial charge in [0.15, 0.2) is 0 Å². The van der Waals surface area contributed by atoms with E-state index in [0.29, 0.717) is 135 Å². The van der Waals surface area contributed by atoms with Crippen LogP contribution in [0.25, 0.3) is 90.9 Å². The minimum Gasteiger partial charge on any atom is -0.657 e. The van der Waals surface area contributed by atoms with E-state index in [0.717, 1.165) is 0 Å². The molecule has 8 bridgehead atoms. The van der Waals surface area contributed by atoms with Crippen molar-refractivity contribution >= 4 is 92.7 Å². The molecule has 5 heterocycles. The van der Waals surface area contributed by atoms with Crippen molar-refractivity contribution in [1.82, 2.24) is 19.9 Å². The summed E-state index contributed by atoms with van der Waals surface area (Å²) in [6, 6.07) is 28.4. The van der Waals surface area contributed by atoms with Gasteiger partial charge in [-0.2, -0.15) is 0 Å². The summed E-state index contributed by atoms with van der Waals surface area (Å²) >= 11 is 0. The van der Waals surface area contributed by atoms with E-state index in [1.807, 2.05) is 48.6 Å². The molecule has 3 aromatic heterocycles. The Kier molecular flexibility index (Phi) is 19.7. The molecule has 1 radical (unpaired) electrons. The van der Waals surface area contributed by atoms with Crippen molar-refractivity contribution in [2.45, 2.75) is 52.1 Å². The van der Waals surface area contributed by atoms with Crippen molar-refractivity contribution in [2.24, 2.45) is 0 Å². The second-order valence-electron chi connectivity index (χ2n) is 19.4. The smallest absolute Gasteiger partial charge is 0.657 e. The number of carbonyl (C=O) groups is 4. The monoisotopic (exact) mass is 1200 g/mol. The van der Waals surface area contributed by atoms with Crippen LogP contribution in [0.3, 0.4) is 0 Å². The number of aromatic nitrogens is 4. The van der Waals surface area contributed by atoms with Crippen molar-refractivity contribution in [1.29, 1.82) is 0 Å². The molecule has 441 valence electrons. The van der Waals surface area contributed by atoms with E-state index in [9.17, 15) is 19.2 Å². The molecule has 85 heavy (non-hydrogen) atoms. The molecule has 9 rings (SSSR count). The quantitative estimate of drug-likeness (QED) is 0.0554. The third-order valence-electron chi connectivity index (χ3n) is 14.5. The maximum atomic E-state index is 13.9. The van der Waals surface area contributed by atoms with E-state index < -0.39 is 48.0 Å². The second kappa shape index (κ2) is 27.1. The molecule has 2 aliphatic rings.